The van der Waals surface area contributed by atoms with Crippen molar-refractivity contribution in [2.24, 2.45) is 0 Å². The smallest absolute Gasteiger partial charge is 0.123 e. The Morgan fingerprint density at radius 3 is 2.74 bits per heavy atom. The molecule has 2 heterocycles. The number of nitrogens with one attached hydrogen (secondary N) is 3. The van der Waals surface area contributed by atoms with E-state index in [1.807, 2.05) is 0 Å². The molecule has 1 aliphatic carbocycles. The highest BCUT2D eigenvalue weighted by Crippen LogP contribution is 2.45. The van der Waals surface area contributed by atoms with E-state index >= 15 is 4.39 Å². The fourth-order valence-electron chi connectivity index (χ4n) is 5.59. The third-order valence-electron chi connectivity index (χ3n) is 7.55. The van der Waals surface area contributed by atoms with Crippen LogP contribution in [0.25, 0.3) is 10.9 Å². The standard InChI is InChI=1S/C28H36F2N4/c1-20-17-24-23-9-2-3-10-25(23)33-26(24)27(34(20)19-28(30)11-5-12-28)21-7-4-8-22(18-21)32-16-15-31-14-6-13-29/h2-4,7-10,18,20,27,31-33H,5-6,11-17,19H2,1H3/t20-,27?/m1/s1. The maximum Gasteiger partial charge on any atom is 0.123 e. The predicted octanol–water partition coefficient (Wildman–Crippen LogP) is 5.76. The van der Waals surface area contributed by atoms with Gasteiger partial charge in [-0.1, -0.05) is 30.3 Å². The molecule has 5 rings (SSSR count). The van der Waals surface area contributed by atoms with Gasteiger partial charge in [0.15, 0.2) is 0 Å². The van der Waals surface area contributed by atoms with Crippen LogP contribution in [-0.2, 0) is 6.42 Å². The van der Waals surface area contributed by atoms with Crippen LogP contribution in [0.3, 0.4) is 0 Å². The lowest BCUT2D eigenvalue weighted by Crippen LogP contribution is -2.51. The summed E-state index contributed by atoms with van der Waals surface area (Å²) >= 11 is 0. The molecule has 6 heteroatoms. The van der Waals surface area contributed by atoms with Gasteiger partial charge in [0.1, 0.15) is 5.67 Å². The molecule has 1 fully saturated rings. The number of nitrogens with zero attached hydrogens (tertiary/aromatic N) is 1. The molecule has 0 amide bonds. The summed E-state index contributed by atoms with van der Waals surface area (Å²) in [6.07, 6.45) is 3.79. The number of rotatable bonds is 10. The third-order valence-corrected chi connectivity index (χ3v) is 7.55. The Hall–Kier alpha value is -2.44. The zero-order chi connectivity index (χ0) is 23.5. The first kappa shape index (κ1) is 23.3. The Balaban J connectivity index is 1.44. The normalized spacial score (nSPS) is 21.9. The summed E-state index contributed by atoms with van der Waals surface area (Å²) in [5.74, 6) is 0. The van der Waals surface area contributed by atoms with E-state index in [9.17, 15) is 4.39 Å². The predicted molar refractivity (Wildman–Crippen MR) is 136 cm³/mol. The summed E-state index contributed by atoms with van der Waals surface area (Å²) < 4.78 is 27.7. The van der Waals surface area contributed by atoms with E-state index in [4.69, 9.17) is 0 Å². The molecule has 34 heavy (non-hydrogen) atoms. The number of alkyl halides is 2. The van der Waals surface area contributed by atoms with Crippen molar-refractivity contribution in [1.29, 1.82) is 0 Å². The van der Waals surface area contributed by atoms with Crippen molar-refractivity contribution >= 4 is 16.6 Å². The number of benzene rings is 2. The van der Waals surface area contributed by atoms with Crippen LogP contribution in [-0.4, -0.2) is 54.4 Å². The maximum atomic E-state index is 15.4. The minimum absolute atomic E-state index is 0.0104. The van der Waals surface area contributed by atoms with Gasteiger partial charge < -0.3 is 15.6 Å². The first-order valence-corrected chi connectivity index (χ1v) is 12.7. The van der Waals surface area contributed by atoms with Crippen molar-refractivity contribution in [1.82, 2.24) is 15.2 Å². The minimum Gasteiger partial charge on any atom is -0.384 e. The van der Waals surface area contributed by atoms with Crippen LogP contribution in [0.1, 0.15) is 55.5 Å². The lowest BCUT2D eigenvalue weighted by Gasteiger charge is -2.46. The molecule has 0 spiro atoms. The fraction of sp³-hybridized carbons (Fsp3) is 0.500. The third kappa shape index (κ3) is 4.71. The van der Waals surface area contributed by atoms with Crippen molar-refractivity contribution in [3.63, 3.8) is 0 Å². The molecule has 182 valence electrons. The highest BCUT2D eigenvalue weighted by Gasteiger charge is 2.44. The monoisotopic (exact) mass is 466 g/mol. The van der Waals surface area contributed by atoms with E-state index in [1.165, 1.54) is 22.2 Å². The first-order chi connectivity index (χ1) is 16.6. The largest absolute Gasteiger partial charge is 0.384 e. The Kier molecular flexibility index (Phi) is 6.89. The van der Waals surface area contributed by atoms with Crippen LogP contribution in [0.15, 0.2) is 48.5 Å². The molecule has 1 aromatic heterocycles. The van der Waals surface area contributed by atoms with E-state index in [-0.39, 0.29) is 18.8 Å². The van der Waals surface area contributed by atoms with Crippen LogP contribution >= 0.6 is 0 Å². The summed E-state index contributed by atoms with van der Waals surface area (Å²) in [6, 6.07) is 17.3. The molecule has 2 aliphatic rings. The van der Waals surface area contributed by atoms with Gasteiger partial charge in [-0.3, -0.25) is 9.29 Å². The topological polar surface area (TPSA) is 43.1 Å². The number of halogens is 2. The quantitative estimate of drug-likeness (QED) is 0.333. The van der Waals surface area contributed by atoms with Crippen LogP contribution in [0.5, 0.6) is 0 Å². The molecule has 1 unspecified atom stereocenters. The number of H-pyrrole nitrogens is 1. The Labute approximate surface area is 201 Å². The number of hydrogen-bond donors (Lipinski definition) is 3. The molecule has 1 saturated carbocycles. The molecule has 0 bridgehead atoms. The zero-order valence-electron chi connectivity index (χ0n) is 20.0. The zero-order valence-corrected chi connectivity index (χ0v) is 20.0. The number of anilines is 1. The van der Waals surface area contributed by atoms with Crippen molar-refractivity contribution < 1.29 is 8.78 Å². The number of hydrogen-bond acceptors (Lipinski definition) is 3. The summed E-state index contributed by atoms with van der Waals surface area (Å²) in [7, 11) is 0. The van der Waals surface area contributed by atoms with Gasteiger partial charge >= 0.3 is 0 Å². The molecule has 4 nitrogen and oxygen atoms in total. The Bertz CT molecular complexity index is 1110. The second kappa shape index (κ2) is 10.0. The van der Waals surface area contributed by atoms with Gasteiger partial charge in [0.05, 0.1) is 12.7 Å². The SMILES string of the molecule is C[C@@H]1Cc2c([nH]c3ccccc23)C(c2cccc(NCCNCCCF)c2)N1CC1(F)CCC1. The summed E-state index contributed by atoms with van der Waals surface area (Å²) in [5.41, 5.74) is 4.88. The highest BCUT2D eigenvalue weighted by molar-refractivity contribution is 5.85. The van der Waals surface area contributed by atoms with Crippen molar-refractivity contribution in [3.05, 3.63) is 65.4 Å². The average Bonchev–Trinajstić information content (AvgIpc) is 3.19. The molecule has 3 N–H and O–H groups in total. The van der Waals surface area contributed by atoms with Gasteiger partial charge in [-0.25, -0.2) is 4.39 Å². The highest BCUT2D eigenvalue weighted by atomic mass is 19.1. The van der Waals surface area contributed by atoms with Gasteiger partial charge in [0.2, 0.25) is 0 Å². The molecular formula is C28H36F2N4. The summed E-state index contributed by atoms with van der Waals surface area (Å²) in [6.45, 7) is 4.68. The van der Waals surface area contributed by atoms with Crippen molar-refractivity contribution in [2.45, 2.75) is 56.8 Å². The number of para-hydroxylation sites is 1. The van der Waals surface area contributed by atoms with Crippen LogP contribution < -0.4 is 10.6 Å². The number of fused-ring (bicyclic) bond motifs is 3. The van der Waals surface area contributed by atoms with E-state index in [2.05, 4.69) is 76.0 Å². The van der Waals surface area contributed by atoms with Gasteiger partial charge in [0, 0.05) is 48.0 Å². The number of aromatic amines is 1. The van der Waals surface area contributed by atoms with Gasteiger partial charge in [-0.15, -0.1) is 0 Å². The molecule has 2 aromatic carbocycles. The Morgan fingerprint density at radius 1 is 1.09 bits per heavy atom. The summed E-state index contributed by atoms with van der Waals surface area (Å²) in [5, 5.41) is 8.02. The van der Waals surface area contributed by atoms with E-state index in [0.29, 0.717) is 32.4 Å². The van der Waals surface area contributed by atoms with Crippen LogP contribution in [0, 0.1) is 0 Å². The first-order valence-electron chi connectivity index (χ1n) is 12.7. The molecule has 1 aliphatic heterocycles. The maximum absolute atomic E-state index is 15.4. The van der Waals surface area contributed by atoms with E-state index in [1.54, 1.807) is 0 Å². The molecular weight excluding hydrogens is 430 g/mol. The lowest BCUT2D eigenvalue weighted by molar-refractivity contribution is -0.00706. The second-order valence-electron chi connectivity index (χ2n) is 10.0. The van der Waals surface area contributed by atoms with Crippen LogP contribution in [0.2, 0.25) is 0 Å². The van der Waals surface area contributed by atoms with Gasteiger partial charge in [-0.2, -0.15) is 0 Å². The van der Waals surface area contributed by atoms with Gasteiger partial charge in [0.25, 0.3) is 0 Å². The second-order valence-corrected chi connectivity index (χ2v) is 10.0. The minimum atomic E-state index is -1.07. The fourth-order valence-corrected chi connectivity index (χ4v) is 5.59. The summed E-state index contributed by atoms with van der Waals surface area (Å²) in [4.78, 5) is 6.09. The van der Waals surface area contributed by atoms with E-state index < -0.39 is 5.67 Å². The molecule has 2 atom stereocenters. The number of aromatic nitrogens is 1. The average molecular weight is 467 g/mol. The Morgan fingerprint density at radius 2 is 1.94 bits per heavy atom. The van der Waals surface area contributed by atoms with Crippen LogP contribution in [0.4, 0.5) is 14.5 Å². The van der Waals surface area contributed by atoms with Crippen molar-refractivity contribution in [3.8, 4) is 0 Å². The lowest BCUT2D eigenvalue weighted by atomic mass is 9.79. The van der Waals surface area contributed by atoms with Crippen molar-refractivity contribution in [2.75, 3.05) is 38.2 Å². The molecule has 0 radical (unpaired) electrons. The van der Waals surface area contributed by atoms with E-state index in [0.717, 1.165) is 37.1 Å². The van der Waals surface area contributed by atoms with Gasteiger partial charge in [-0.05, 0) is 74.9 Å². The molecule has 0 saturated heterocycles. The molecule has 3 aromatic rings.